The number of aliphatic hydroxyl groups excluding tert-OH is 1. The molecule has 1 atom stereocenters. The molecule has 1 amide bonds. The van der Waals surface area contributed by atoms with Gasteiger partial charge in [0.25, 0.3) is 5.91 Å². The van der Waals surface area contributed by atoms with E-state index in [9.17, 15) is 9.90 Å². The van der Waals surface area contributed by atoms with Crippen molar-refractivity contribution in [3.05, 3.63) is 112 Å². The topological polar surface area (TPSA) is 40.5 Å². The zero-order chi connectivity index (χ0) is 18.8. The third-order valence-corrected chi connectivity index (χ3v) is 5.51. The van der Waals surface area contributed by atoms with Gasteiger partial charge in [-0.3, -0.25) is 4.79 Å². The molecule has 1 aliphatic heterocycles. The van der Waals surface area contributed by atoms with E-state index in [1.165, 1.54) is 0 Å². The second-order valence-electron chi connectivity index (χ2n) is 6.47. The molecule has 3 aromatic rings. The second-order valence-corrected chi connectivity index (χ2v) is 7.33. The largest absolute Gasteiger partial charge is 0.503 e. The van der Waals surface area contributed by atoms with Crippen LogP contribution >= 0.6 is 15.9 Å². The second kappa shape index (κ2) is 7.41. The summed E-state index contributed by atoms with van der Waals surface area (Å²) in [5.74, 6) is -0.531. The zero-order valence-corrected chi connectivity index (χ0v) is 16.1. The number of hydrogen-bond donors (Lipinski definition) is 1. The molecule has 4 rings (SSSR count). The lowest BCUT2D eigenvalue weighted by Crippen LogP contribution is -2.30. The number of halogens is 1. The van der Waals surface area contributed by atoms with Crippen LogP contribution < -0.4 is 0 Å². The van der Waals surface area contributed by atoms with Crippen molar-refractivity contribution >= 4 is 27.4 Å². The van der Waals surface area contributed by atoms with E-state index in [2.05, 4.69) is 15.9 Å². The Kier molecular flexibility index (Phi) is 4.82. The Balaban J connectivity index is 1.85. The zero-order valence-electron chi connectivity index (χ0n) is 14.5. The van der Waals surface area contributed by atoms with E-state index in [1.54, 1.807) is 4.90 Å². The van der Waals surface area contributed by atoms with Gasteiger partial charge in [0, 0.05) is 16.6 Å². The quantitative estimate of drug-likeness (QED) is 0.606. The standard InChI is InChI=1S/C23H18BrNO2/c24-19-14-8-7-13-18(19)21-20(17-11-5-2-6-12-17)22(26)23(27)25(21)15-16-9-3-1-4-10-16/h1-14,21,26H,15H2/t21-/m1/s1. The number of amides is 1. The summed E-state index contributed by atoms with van der Waals surface area (Å²) in [6.07, 6.45) is 0. The van der Waals surface area contributed by atoms with Gasteiger partial charge in [-0.15, -0.1) is 0 Å². The summed E-state index contributed by atoms with van der Waals surface area (Å²) in [5, 5.41) is 10.8. The maximum absolute atomic E-state index is 13.0. The highest BCUT2D eigenvalue weighted by atomic mass is 79.9. The molecule has 0 aliphatic carbocycles. The molecule has 1 aliphatic rings. The molecule has 0 unspecified atom stereocenters. The number of benzene rings is 3. The molecular formula is C23H18BrNO2. The van der Waals surface area contributed by atoms with Gasteiger partial charge in [-0.25, -0.2) is 0 Å². The van der Waals surface area contributed by atoms with Crippen LogP contribution in [-0.2, 0) is 11.3 Å². The van der Waals surface area contributed by atoms with Gasteiger partial charge in [0.2, 0.25) is 0 Å². The molecule has 0 saturated carbocycles. The van der Waals surface area contributed by atoms with Crippen LogP contribution in [0.3, 0.4) is 0 Å². The number of aliphatic hydroxyl groups is 1. The van der Waals surface area contributed by atoms with Gasteiger partial charge in [0.1, 0.15) is 0 Å². The third kappa shape index (κ3) is 3.28. The van der Waals surface area contributed by atoms with Gasteiger partial charge < -0.3 is 10.0 Å². The van der Waals surface area contributed by atoms with Crippen LogP contribution in [0, 0.1) is 0 Å². The van der Waals surface area contributed by atoms with Crippen LogP contribution in [-0.4, -0.2) is 15.9 Å². The van der Waals surface area contributed by atoms with E-state index in [1.807, 2.05) is 84.9 Å². The Morgan fingerprint density at radius 1 is 0.852 bits per heavy atom. The number of rotatable bonds is 4. The lowest BCUT2D eigenvalue weighted by atomic mass is 9.93. The molecule has 3 nitrogen and oxygen atoms in total. The van der Waals surface area contributed by atoms with Crippen LogP contribution in [0.25, 0.3) is 5.57 Å². The number of carbonyl (C=O) groups excluding carboxylic acids is 1. The summed E-state index contributed by atoms with van der Waals surface area (Å²) < 4.78 is 0.906. The molecule has 27 heavy (non-hydrogen) atoms. The highest BCUT2D eigenvalue weighted by Gasteiger charge is 2.41. The van der Waals surface area contributed by atoms with E-state index in [0.29, 0.717) is 12.1 Å². The molecule has 0 fully saturated rings. The van der Waals surface area contributed by atoms with Gasteiger partial charge in [-0.1, -0.05) is 94.8 Å². The summed E-state index contributed by atoms with van der Waals surface area (Å²) in [7, 11) is 0. The molecule has 0 radical (unpaired) electrons. The van der Waals surface area contributed by atoms with Gasteiger partial charge >= 0.3 is 0 Å². The van der Waals surface area contributed by atoms with Crippen molar-refractivity contribution in [3.8, 4) is 0 Å². The van der Waals surface area contributed by atoms with Gasteiger partial charge in [0.15, 0.2) is 5.76 Å². The molecule has 0 saturated heterocycles. The molecule has 0 bridgehead atoms. The third-order valence-electron chi connectivity index (χ3n) is 4.78. The summed E-state index contributed by atoms with van der Waals surface area (Å²) in [4.78, 5) is 14.7. The lowest BCUT2D eigenvalue weighted by molar-refractivity contribution is -0.130. The highest BCUT2D eigenvalue weighted by molar-refractivity contribution is 9.10. The monoisotopic (exact) mass is 419 g/mol. The van der Waals surface area contributed by atoms with E-state index >= 15 is 0 Å². The molecule has 1 heterocycles. The lowest BCUT2D eigenvalue weighted by Gasteiger charge is -2.28. The number of hydrogen-bond acceptors (Lipinski definition) is 2. The Morgan fingerprint density at radius 2 is 1.44 bits per heavy atom. The van der Waals surface area contributed by atoms with Crippen molar-refractivity contribution in [1.82, 2.24) is 4.90 Å². The average Bonchev–Trinajstić information content (AvgIpc) is 2.95. The predicted octanol–water partition coefficient (Wildman–Crippen LogP) is 5.50. The first-order valence-electron chi connectivity index (χ1n) is 8.74. The van der Waals surface area contributed by atoms with Crippen molar-refractivity contribution < 1.29 is 9.90 Å². The van der Waals surface area contributed by atoms with E-state index in [4.69, 9.17) is 0 Å². The molecule has 3 aromatic carbocycles. The van der Waals surface area contributed by atoms with Crippen LogP contribution in [0.4, 0.5) is 0 Å². The predicted molar refractivity (Wildman–Crippen MR) is 110 cm³/mol. The van der Waals surface area contributed by atoms with Gasteiger partial charge in [-0.05, 0) is 22.8 Å². The smallest absolute Gasteiger partial charge is 0.290 e. The normalized spacial score (nSPS) is 16.9. The van der Waals surface area contributed by atoms with Crippen molar-refractivity contribution in [2.75, 3.05) is 0 Å². The van der Waals surface area contributed by atoms with Crippen LogP contribution in [0.2, 0.25) is 0 Å². The Bertz CT molecular complexity index is 999. The first-order chi connectivity index (χ1) is 13.2. The van der Waals surface area contributed by atoms with E-state index < -0.39 is 0 Å². The van der Waals surface area contributed by atoms with Crippen LogP contribution in [0.15, 0.2) is 95.2 Å². The molecule has 1 N–H and O–H groups in total. The molecule has 0 spiro atoms. The SMILES string of the molecule is O=C1C(O)=C(c2ccccc2)[C@@H](c2ccccc2Br)N1Cc1ccccc1. The fraction of sp³-hybridized carbons (Fsp3) is 0.0870. The number of nitrogens with zero attached hydrogens (tertiary/aromatic N) is 1. The van der Waals surface area contributed by atoms with Crippen LogP contribution in [0.1, 0.15) is 22.7 Å². The molecule has 134 valence electrons. The van der Waals surface area contributed by atoms with E-state index in [-0.39, 0.29) is 17.7 Å². The first-order valence-corrected chi connectivity index (χ1v) is 9.54. The van der Waals surface area contributed by atoms with E-state index in [0.717, 1.165) is 21.2 Å². The van der Waals surface area contributed by atoms with Gasteiger partial charge in [-0.2, -0.15) is 0 Å². The highest BCUT2D eigenvalue weighted by Crippen LogP contribution is 2.45. The number of carbonyl (C=O) groups is 1. The summed E-state index contributed by atoms with van der Waals surface area (Å²) in [6.45, 7) is 0.423. The minimum absolute atomic E-state index is 0.183. The Hall–Kier alpha value is -2.85. The fourth-order valence-electron chi connectivity index (χ4n) is 3.53. The first kappa shape index (κ1) is 17.6. The fourth-order valence-corrected chi connectivity index (χ4v) is 4.03. The van der Waals surface area contributed by atoms with Gasteiger partial charge in [0.05, 0.1) is 6.04 Å². The summed E-state index contributed by atoms with van der Waals surface area (Å²) in [6, 6.07) is 26.9. The minimum atomic E-state index is -0.365. The Labute approximate surface area is 166 Å². The maximum atomic E-state index is 13.0. The van der Waals surface area contributed by atoms with Crippen molar-refractivity contribution in [2.45, 2.75) is 12.6 Å². The van der Waals surface area contributed by atoms with Crippen molar-refractivity contribution in [2.24, 2.45) is 0 Å². The molecule has 0 aromatic heterocycles. The molecular weight excluding hydrogens is 402 g/mol. The maximum Gasteiger partial charge on any atom is 0.290 e. The Morgan fingerprint density at radius 3 is 2.11 bits per heavy atom. The summed E-state index contributed by atoms with van der Waals surface area (Å²) in [5.41, 5.74) is 3.46. The summed E-state index contributed by atoms with van der Waals surface area (Å²) >= 11 is 3.62. The van der Waals surface area contributed by atoms with Crippen LogP contribution in [0.5, 0.6) is 0 Å². The molecule has 4 heteroatoms. The van der Waals surface area contributed by atoms with Crippen molar-refractivity contribution in [3.63, 3.8) is 0 Å². The van der Waals surface area contributed by atoms with Crippen molar-refractivity contribution in [1.29, 1.82) is 0 Å². The average molecular weight is 420 g/mol. The minimum Gasteiger partial charge on any atom is -0.503 e.